The van der Waals surface area contributed by atoms with Crippen molar-refractivity contribution in [3.05, 3.63) is 25.3 Å². The van der Waals surface area contributed by atoms with E-state index in [0.717, 1.165) is 21.1 Å². The van der Waals surface area contributed by atoms with Crippen molar-refractivity contribution in [2.24, 2.45) is 0 Å². The van der Waals surface area contributed by atoms with Gasteiger partial charge < -0.3 is 30.1 Å². The summed E-state index contributed by atoms with van der Waals surface area (Å²) < 4.78 is 2.24. The fraction of sp³-hybridized carbons (Fsp3) is 0.800. The minimum atomic E-state index is -0.981. The topological polar surface area (TPSA) is 136 Å². The first-order valence-corrected chi connectivity index (χ1v) is 14.0. The Balaban J connectivity index is -0.0000000962. The van der Waals surface area contributed by atoms with Crippen LogP contribution < -0.4 is 0 Å². The molecule has 38 heavy (non-hydrogen) atoms. The Morgan fingerprint density at radius 3 is 0.895 bits per heavy atom. The summed E-state index contributed by atoms with van der Waals surface area (Å²) in [6, 6.07) is 0. The molecule has 0 radical (unpaired) electrons. The lowest BCUT2D eigenvalue weighted by Gasteiger charge is -2.23. The van der Waals surface area contributed by atoms with Gasteiger partial charge in [0.2, 0.25) is 0 Å². The molecular weight excluding hydrogens is 484 g/mol. The van der Waals surface area contributed by atoms with Crippen LogP contribution in [0.1, 0.15) is 104 Å². The lowest BCUT2D eigenvalue weighted by atomic mass is 10.1. The summed E-state index contributed by atoms with van der Waals surface area (Å²) in [5, 5.41) is 15.2. The summed E-state index contributed by atoms with van der Waals surface area (Å²) >= 11 is 0. The van der Waals surface area contributed by atoms with Crippen molar-refractivity contribution in [1.82, 2.24) is 0 Å². The average Bonchev–Trinajstić information content (AvgIpc) is 2.77. The van der Waals surface area contributed by atoms with Gasteiger partial charge in [-0.25, -0.2) is 9.59 Å². The molecule has 0 aliphatic heterocycles. The van der Waals surface area contributed by atoms with Gasteiger partial charge in [-0.3, -0.25) is 0 Å². The van der Waals surface area contributed by atoms with Gasteiger partial charge in [-0.05, 0) is 25.7 Å². The largest absolute Gasteiger partial charge is 0.870 e. The average molecular weight is 552 g/mol. The second kappa shape index (κ2) is 35.3. The first kappa shape index (κ1) is 49.2. The smallest absolute Gasteiger partial charge is 0.327 e. The number of aliphatic carboxylic acids is 2. The lowest BCUT2D eigenvalue weighted by molar-refractivity contribution is -0.870. The molecule has 0 aromatic heterocycles. The van der Waals surface area contributed by atoms with Crippen LogP contribution >= 0.6 is 0 Å². The molecule has 0 unspecified atom stereocenters. The summed E-state index contributed by atoms with van der Waals surface area (Å²) in [6.45, 7) is 13.1. The molecule has 0 saturated carbocycles. The zero-order chi connectivity index (χ0) is 28.9. The number of carbonyl (C=O) groups is 2. The number of nitrogens with zero attached hydrogens (tertiary/aromatic N) is 2. The van der Waals surface area contributed by atoms with Crippen LogP contribution in [-0.4, -0.2) is 97.4 Å². The quantitative estimate of drug-likeness (QED) is 0.115. The van der Waals surface area contributed by atoms with Crippen molar-refractivity contribution < 1.29 is 39.7 Å². The highest BCUT2D eigenvalue weighted by molar-refractivity contribution is 5.79. The van der Waals surface area contributed by atoms with Gasteiger partial charge in [-0.15, -0.1) is 0 Å². The fourth-order valence-corrected chi connectivity index (χ4v) is 3.09. The van der Waals surface area contributed by atoms with Gasteiger partial charge in [0.05, 0.1) is 55.4 Å². The van der Waals surface area contributed by atoms with E-state index < -0.39 is 11.9 Å². The Labute approximate surface area is 236 Å². The van der Waals surface area contributed by atoms with E-state index in [2.05, 4.69) is 69.3 Å². The summed E-state index contributed by atoms with van der Waals surface area (Å²) in [5.41, 5.74) is 0. The van der Waals surface area contributed by atoms with Crippen LogP contribution in [0.3, 0.4) is 0 Å². The number of carboxylic acids is 2. The van der Waals surface area contributed by atoms with E-state index in [9.17, 15) is 9.59 Å². The molecule has 0 atom stereocenters. The number of hydrogen-bond donors (Lipinski definition) is 2. The first-order valence-electron chi connectivity index (χ1n) is 14.0. The van der Waals surface area contributed by atoms with E-state index in [4.69, 9.17) is 10.2 Å². The monoisotopic (exact) mass is 551 g/mol. The van der Waals surface area contributed by atoms with E-state index in [1.165, 1.54) is 103 Å². The Hall–Kier alpha value is -1.74. The van der Waals surface area contributed by atoms with Gasteiger partial charge in [0.1, 0.15) is 0 Å². The number of hydrogen-bond acceptors (Lipinski definition) is 3. The van der Waals surface area contributed by atoms with Crippen LogP contribution in [0.4, 0.5) is 0 Å². The molecular formula is C30H67N2O6+. The molecule has 0 aliphatic carbocycles. The van der Waals surface area contributed by atoms with Crippen LogP contribution in [0.25, 0.3) is 0 Å². The normalized spacial score (nSPS) is 9.89. The maximum Gasteiger partial charge on any atom is 0.327 e. The van der Waals surface area contributed by atoms with Crippen molar-refractivity contribution in [2.45, 2.75) is 104 Å². The molecule has 0 fully saturated rings. The van der Waals surface area contributed by atoms with Crippen LogP contribution in [0.5, 0.6) is 0 Å². The summed E-state index contributed by atoms with van der Waals surface area (Å²) in [6.07, 6.45) is 21.6. The van der Waals surface area contributed by atoms with Gasteiger partial charge in [-0.1, -0.05) is 91.2 Å². The van der Waals surface area contributed by atoms with Crippen molar-refractivity contribution in [2.75, 3.05) is 55.4 Å². The van der Waals surface area contributed by atoms with E-state index in [-0.39, 0.29) is 11.0 Å². The zero-order valence-electron chi connectivity index (χ0n) is 26.4. The predicted octanol–water partition coefficient (Wildman–Crippen LogP) is 6.40. The maximum absolute atomic E-state index is 9.25. The maximum atomic E-state index is 9.25. The van der Waals surface area contributed by atoms with E-state index in [1.807, 2.05) is 0 Å². The summed E-state index contributed by atoms with van der Waals surface area (Å²) in [5.74, 6) is -1.96. The minimum Gasteiger partial charge on any atom is -0.870 e. The highest BCUT2D eigenvalue weighted by atomic mass is 16.4. The van der Waals surface area contributed by atoms with Crippen molar-refractivity contribution in [1.29, 1.82) is 0 Å². The van der Waals surface area contributed by atoms with E-state index in [0.29, 0.717) is 0 Å². The number of unbranched alkanes of at least 4 members (excludes halogenated alkanes) is 12. The molecule has 5 N–H and O–H groups in total. The summed E-state index contributed by atoms with van der Waals surface area (Å²) in [7, 11) is 13.6. The van der Waals surface area contributed by atoms with Crippen molar-refractivity contribution >= 4 is 11.9 Å². The van der Waals surface area contributed by atoms with E-state index >= 15 is 0 Å². The molecule has 0 heterocycles. The molecule has 0 aliphatic rings. The molecule has 0 aromatic carbocycles. The lowest BCUT2D eigenvalue weighted by Crippen LogP contribution is -2.35. The van der Waals surface area contributed by atoms with Crippen molar-refractivity contribution in [3.8, 4) is 0 Å². The third-order valence-corrected chi connectivity index (χ3v) is 5.21. The van der Waals surface area contributed by atoms with Gasteiger partial charge in [-0.2, -0.15) is 0 Å². The molecule has 0 rings (SSSR count). The minimum absolute atomic E-state index is 0. The SMILES string of the molecule is C=CC(=O)O.C=CC(=O)O.CCCCCCCCC[N+](C)(C)C.CCCCCCCCC[N+](C)(C)C.O.[OH-]. The first-order chi connectivity index (χ1) is 16.7. The van der Waals surface area contributed by atoms with Crippen molar-refractivity contribution in [3.63, 3.8) is 0 Å². The molecule has 232 valence electrons. The summed E-state index contributed by atoms with van der Waals surface area (Å²) in [4.78, 5) is 18.5. The molecule has 0 bridgehead atoms. The number of quaternary nitrogens is 2. The number of carboxylic acid groups (broad SMARTS) is 2. The van der Waals surface area contributed by atoms with Crippen LogP contribution in [0.15, 0.2) is 25.3 Å². The van der Waals surface area contributed by atoms with Gasteiger partial charge in [0.15, 0.2) is 0 Å². The van der Waals surface area contributed by atoms with Crippen LogP contribution in [0.2, 0.25) is 0 Å². The predicted molar refractivity (Wildman–Crippen MR) is 163 cm³/mol. The van der Waals surface area contributed by atoms with Gasteiger partial charge in [0, 0.05) is 12.2 Å². The highest BCUT2D eigenvalue weighted by Gasteiger charge is 2.05. The van der Waals surface area contributed by atoms with Gasteiger partial charge in [0.25, 0.3) is 0 Å². The molecule has 0 amide bonds. The molecule has 0 aromatic rings. The third kappa shape index (κ3) is 76.5. The highest BCUT2D eigenvalue weighted by Crippen LogP contribution is 2.09. The Kier molecular flexibility index (Phi) is 45.7. The van der Waals surface area contributed by atoms with Crippen LogP contribution in [-0.2, 0) is 9.59 Å². The Morgan fingerprint density at radius 1 is 0.553 bits per heavy atom. The van der Waals surface area contributed by atoms with E-state index in [1.54, 1.807) is 0 Å². The standard InChI is InChI=1S/2C12H28N.2C3H4O2.2H2O/c2*1-5-6-7-8-9-10-11-12-13(2,3)4;2*1-2-3(4)5;;/h2*5-12H2,1-4H3;2*2H,1H2,(H,4,5);2*1H2/q2*+1;;;;/p-1. The van der Waals surface area contributed by atoms with Crippen LogP contribution in [0, 0.1) is 0 Å². The molecule has 8 nitrogen and oxygen atoms in total. The zero-order valence-corrected chi connectivity index (χ0v) is 26.4. The Morgan fingerprint density at radius 2 is 0.737 bits per heavy atom. The molecule has 8 heteroatoms. The molecule has 0 spiro atoms. The fourth-order valence-electron chi connectivity index (χ4n) is 3.09. The third-order valence-electron chi connectivity index (χ3n) is 5.21. The van der Waals surface area contributed by atoms with Gasteiger partial charge >= 0.3 is 11.9 Å². The second-order valence-electron chi connectivity index (χ2n) is 11.4. The number of rotatable bonds is 18. The second-order valence-corrected chi connectivity index (χ2v) is 11.4. The molecule has 0 saturated heterocycles. The Bertz CT molecular complexity index is 466.